The number of hydrogen-bond acceptors (Lipinski definition) is 3. The highest BCUT2D eigenvalue weighted by molar-refractivity contribution is 6.00. The van der Waals surface area contributed by atoms with Crippen molar-refractivity contribution in [1.29, 1.82) is 10.7 Å². The number of nitrogens with one attached hydrogen (secondary N) is 2. The van der Waals surface area contributed by atoms with Crippen molar-refractivity contribution in [1.82, 2.24) is 9.88 Å². The second kappa shape index (κ2) is 10.1. The largest absolute Gasteiger partial charge is 0.354 e. The first-order valence-corrected chi connectivity index (χ1v) is 12.6. The first-order chi connectivity index (χ1) is 15.9. The van der Waals surface area contributed by atoms with Crippen LogP contribution < -0.4 is 0 Å². The van der Waals surface area contributed by atoms with Crippen LogP contribution in [-0.2, 0) is 0 Å². The van der Waals surface area contributed by atoms with Crippen LogP contribution in [0, 0.1) is 16.7 Å². The number of rotatable bonds is 4. The Labute approximate surface area is 198 Å². The van der Waals surface area contributed by atoms with E-state index in [9.17, 15) is 5.26 Å². The van der Waals surface area contributed by atoms with E-state index in [0.717, 1.165) is 62.9 Å². The normalized spacial score (nSPS) is 23.2. The van der Waals surface area contributed by atoms with Gasteiger partial charge in [-0.25, -0.2) is 0 Å². The summed E-state index contributed by atoms with van der Waals surface area (Å²) < 4.78 is 0. The molecule has 0 amide bonds. The molecular formula is C29H38N4. The highest BCUT2D eigenvalue weighted by Crippen LogP contribution is 2.38. The van der Waals surface area contributed by atoms with Gasteiger partial charge in [0.2, 0.25) is 0 Å². The summed E-state index contributed by atoms with van der Waals surface area (Å²) in [6, 6.07) is 9.38. The number of nitriles is 1. The Morgan fingerprint density at radius 1 is 1.15 bits per heavy atom. The highest BCUT2D eigenvalue weighted by Gasteiger charge is 2.25. The number of H-pyrrole nitrogens is 1. The minimum absolute atomic E-state index is 0.00690. The van der Waals surface area contributed by atoms with E-state index < -0.39 is 0 Å². The number of allylic oxidation sites excluding steroid dienone is 4. The van der Waals surface area contributed by atoms with Crippen molar-refractivity contribution in [3.8, 4) is 6.07 Å². The van der Waals surface area contributed by atoms with Crippen molar-refractivity contribution in [2.24, 2.45) is 0 Å². The number of hydrogen-bond donors (Lipinski definition) is 2. The summed E-state index contributed by atoms with van der Waals surface area (Å²) in [6.45, 7) is 10.7. The third-order valence-corrected chi connectivity index (χ3v) is 7.56. The van der Waals surface area contributed by atoms with Crippen LogP contribution in [0.2, 0.25) is 0 Å². The minimum Gasteiger partial charge on any atom is -0.354 e. The lowest BCUT2D eigenvalue weighted by molar-refractivity contribution is 0.190. The molecule has 0 radical (unpaired) electrons. The van der Waals surface area contributed by atoms with Gasteiger partial charge in [0.25, 0.3) is 0 Å². The lowest BCUT2D eigenvalue weighted by Gasteiger charge is -2.33. The van der Waals surface area contributed by atoms with Gasteiger partial charge in [0.05, 0.1) is 12.1 Å². The van der Waals surface area contributed by atoms with Gasteiger partial charge in [-0.05, 0) is 118 Å². The van der Waals surface area contributed by atoms with Gasteiger partial charge in [0.1, 0.15) is 0 Å². The molecule has 1 aromatic heterocycles. The Bertz CT molecular complexity index is 1120. The molecule has 0 bridgehead atoms. The molecular weight excluding hydrogens is 404 g/mol. The number of benzene rings is 1. The molecule has 4 nitrogen and oxygen atoms in total. The lowest BCUT2D eigenvalue weighted by atomic mass is 9.87. The maximum Gasteiger partial charge on any atom is 0.0949 e. The van der Waals surface area contributed by atoms with Gasteiger partial charge in [-0.15, -0.1) is 0 Å². The van der Waals surface area contributed by atoms with Gasteiger partial charge in [-0.3, -0.25) is 4.90 Å². The number of likely N-dealkylation sites (tertiary alicyclic amines) is 1. The average Bonchev–Trinajstić information content (AvgIpc) is 3.23. The maximum atomic E-state index is 9.24. The van der Waals surface area contributed by atoms with Gasteiger partial charge in [-0.2, -0.15) is 5.26 Å². The zero-order valence-corrected chi connectivity index (χ0v) is 20.7. The third kappa shape index (κ3) is 4.99. The number of aromatic amines is 1. The summed E-state index contributed by atoms with van der Waals surface area (Å²) in [4.78, 5) is 6.06. The Balaban J connectivity index is 1.70. The van der Waals surface area contributed by atoms with Crippen LogP contribution in [0.3, 0.4) is 0 Å². The van der Waals surface area contributed by atoms with E-state index in [2.05, 4.69) is 67.1 Å². The average molecular weight is 443 g/mol. The summed E-state index contributed by atoms with van der Waals surface area (Å²) in [5, 5.41) is 19.0. The van der Waals surface area contributed by atoms with Gasteiger partial charge in [-0.1, -0.05) is 26.0 Å². The van der Waals surface area contributed by atoms with Crippen molar-refractivity contribution in [2.75, 3.05) is 13.1 Å². The third-order valence-electron chi connectivity index (χ3n) is 7.56. The smallest absolute Gasteiger partial charge is 0.0949 e. The molecule has 1 aliphatic heterocycles. The maximum absolute atomic E-state index is 9.24. The summed E-state index contributed by atoms with van der Waals surface area (Å²) in [5.41, 5.74) is 8.33. The molecule has 0 spiro atoms. The zero-order chi connectivity index (χ0) is 23.5. The van der Waals surface area contributed by atoms with E-state index in [1.165, 1.54) is 33.3 Å². The van der Waals surface area contributed by atoms with Crippen molar-refractivity contribution >= 4 is 22.2 Å². The molecule has 33 heavy (non-hydrogen) atoms. The van der Waals surface area contributed by atoms with E-state index in [1.807, 2.05) is 6.92 Å². The number of piperidine rings is 1. The molecule has 0 saturated carbocycles. The first-order valence-electron chi connectivity index (χ1n) is 12.6. The minimum atomic E-state index is 0.00690. The van der Waals surface area contributed by atoms with Crippen molar-refractivity contribution in [2.45, 2.75) is 84.1 Å². The molecule has 4 rings (SSSR count). The fraction of sp³-hybridized carbons (Fsp3) is 0.517. The molecule has 1 unspecified atom stereocenters. The van der Waals surface area contributed by atoms with E-state index >= 15 is 0 Å². The lowest BCUT2D eigenvalue weighted by Crippen LogP contribution is -2.38. The predicted octanol–water partition coefficient (Wildman–Crippen LogP) is 7.31. The molecule has 2 heterocycles. The molecule has 1 saturated heterocycles. The van der Waals surface area contributed by atoms with Crippen LogP contribution in [0.25, 0.3) is 16.5 Å². The van der Waals surface area contributed by atoms with Crippen LogP contribution >= 0.6 is 0 Å². The van der Waals surface area contributed by atoms with Crippen LogP contribution in [0.15, 0.2) is 35.9 Å². The van der Waals surface area contributed by atoms with E-state index in [1.54, 1.807) is 0 Å². The number of fused-ring (bicyclic) bond motifs is 1. The molecule has 1 aliphatic carbocycles. The fourth-order valence-electron chi connectivity index (χ4n) is 5.47. The number of nitrogens with zero attached hydrogens (tertiary/aromatic N) is 2. The quantitative estimate of drug-likeness (QED) is 0.521. The van der Waals surface area contributed by atoms with Gasteiger partial charge < -0.3 is 10.4 Å². The van der Waals surface area contributed by atoms with Crippen LogP contribution in [-0.4, -0.2) is 34.7 Å². The molecule has 2 aliphatic rings. The van der Waals surface area contributed by atoms with E-state index in [-0.39, 0.29) is 6.04 Å². The second-order valence-electron chi connectivity index (χ2n) is 10.2. The SMILES string of the molecule is C/C1=C/C(c2[nH]c3ccc(C4CCN(C(C)C#N)CC4)cc3c2C(C)C)=C\CCCCC1=N. The molecule has 1 aromatic carbocycles. The summed E-state index contributed by atoms with van der Waals surface area (Å²) in [7, 11) is 0. The number of aromatic nitrogens is 1. The van der Waals surface area contributed by atoms with E-state index in [4.69, 9.17) is 5.41 Å². The highest BCUT2D eigenvalue weighted by atomic mass is 15.2. The topological polar surface area (TPSA) is 66.7 Å². The summed E-state index contributed by atoms with van der Waals surface area (Å²) >= 11 is 0. The van der Waals surface area contributed by atoms with Gasteiger partial charge in [0.15, 0.2) is 0 Å². The fourth-order valence-corrected chi connectivity index (χ4v) is 5.47. The van der Waals surface area contributed by atoms with Gasteiger partial charge >= 0.3 is 0 Å². The first kappa shape index (κ1) is 23.5. The van der Waals surface area contributed by atoms with Crippen molar-refractivity contribution < 1.29 is 0 Å². The van der Waals surface area contributed by atoms with Crippen LogP contribution in [0.5, 0.6) is 0 Å². The second-order valence-corrected chi connectivity index (χ2v) is 10.2. The standard InChI is InChI=1S/C29H38N4/c1-19(2)28-25-17-23(22-12-14-33(15-13-22)21(4)18-30)10-11-27(25)32-29(28)24-8-6-5-7-9-26(31)20(3)16-24/h8,10-11,16-17,19,21-22,31-32H,5-7,9,12-15H2,1-4H3/b20-16-,24-8+,31-26?. The van der Waals surface area contributed by atoms with Crippen molar-refractivity contribution in [3.05, 3.63) is 52.7 Å². The monoisotopic (exact) mass is 442 g/mol. The Kier molecular flexibility index (Phi) is 7.20. The predicted molar refractivity (Wildman–Crippen MR) is 139 cm³/mol. The van der Waals surface area contributed by atoms with E-state index in [0.29, 0.717) is 11.8 Å². The van der Waals surface area contributed by atoms with Crippen LogP contribution in [0.1, 0.15) is 94.9 Å². The molecule has 2 N–H and O–H groups in total. The molecule has 1 fully saturated rings. The molecule has 174 valence electrons. The summed E-state index contributed by atoms with van der Waals surface area (Å²) in [6.07, 6.45) is 11.0. The Morgan fingerprint density at radius 2 is 1.91 bits per heavy atom. The zero-order valence-electron chi connectivity index (χ0n) is 20.7. The summed E-state index contributed by atoms with van der Waals surface area (Å²) in [5.74, 6) is 0.964. The Morgan fingerprint density at radius 3 is 2.61 bits per heavy atom. The van der Waals surface area contributed by atoms with Crippen molar-refractivity contribution in [3.63, 3.8) is 0 Å². The molecule has 2 aromatic rings. The Hall–Kier alpha value is -2.64. The van der Waals surface area contributed by atoms with Crippen LogP contribution in [0.4, 0.5) is 0 Å². The molecule has 4 heteroatoms. The molecule has 1 atom stereocenters. The van der Waals surface area contributed by atoms with Gasteiger partial charge in [0, 0.05) is 22.3 Å².